The zero-order chi connectivity index (χ0) is 12.1. The topological polar surface area (TPSA) is 55.8 Å². The molecule has 0 unspecified atom stereocenters. The highest BCUT2D eigenvalue weighted by molar-refractivity contribution is 14.1. The Morgan fingerprint density at radius 1 is 1.44 bits per heavy atom. The fraction of sp³-hybridized carbons (Fsp3) is 0.300. The molecule has 4 nitrogen and oxygen atoms in total. The molecule has 0 atom stereocenters. The minimum Gasteiger partial charge on any atom is -0.425 e. The molecular weight excluding hydrogens is 438 g/mol. The lowest BCUT2D eigenvalue weighted by Crippen LogP contribution is -2.07. The molecule has 16 heavy (non-hydrogen) atoms. The van der Waals surface area contributed by atoms with E-state index in [4.69, 9.17) is 14.6 Å². The number of hydrogen-bond donors (Lipinski definition) is 1. The summed E-state index contributed by atoms with van der Waals surface area (Å²) in [6.45, 7) is 1.21. The Kier molecular flexibility index (Phi) is 5.94. The van der Waals surface area contributed by atoms with Crippen molar-refractivity contribution < 1.29 is 19.4 Å². The average Bonchev–Trinajstić information content (AvgIpc) is 2.19. The number of ether oxygens (including phenoxy) is 2. The minimum absolute atomic E-state index is 0.214. The molecule has 0 bridgehead atoms. The van der Waals surface area contributed by atoms with Gasteiger partial charge in [0, 0.05) is 16.1 Å². The number of rotatable bonds is 4. The van der Waals surface area contributed by atoms with Crippen molar-refractivity contribution in [3.63, 3.8) is 0 Å². The number of benzene rings is 1. The summed E-state index contributed by atoms with van der Waals surface area (Å²) in [4.78, 5) is 11.0. The second-order valence-corrected chi connectivity index (χ2v) is 5.35. The van der Waals surface area contributed by atoms with Crippen LogP contribution in [0.2, 0.25) is 0 Å². The molecule has 6 heteroatoms. The molecule has 0 aromatic heterocycles. The highest BCUT2D eigenvalue weighted by Crippen LogP contribution is 2.29. The first kappa shape index (κ1) is 14.1. The van der Waals surface area contributed by atoms with E-state index in [9.17, 15) is 4.79 Å². The van der Waals surface area contributed by atoms with E-state index < -0.39 is 0 Å². The Balaban J connectivity index is 3.05. The molecule has 0 saturated carbocycles. The normalized spacial score (nSPS) is 10.2. The SMILES string of the molecule is CC(=O)Oc1c(I)cc(I)cc1COCO. The molecule has 0 aliphatic rings. The van der Waals surface area contributed by atoms with Crippen LogP contribution in [0.3, 0.4) is 0 Å². The Morgan fingerprint density at radius 2 is 2.12 bits per heavy atom. The van der Waals surface area contributed by atoms with Crippen LogP contribution in [0, 0.1) is 7.14 Å². The third-order valence-electron chi connectivity index (χ3n) is 1.68. The molecule has 1 aromatic rings. The van der Waals surface area contributed by atoms with Crippen LogP contribution in [0.5, 0.6) is 5.75 Å². The summed E-state index contributed by atoms with van der Waals surface area (Å²) in [7, 11) is 0. The van der Waals surface area contributed by atoms with E-state index in [1.807, 2.05) is 12.1 Å². The fourth-order valence-corrected chi connectivity index (χ4v) is 3.21. The Labute approximate surface area is 121 Å². The third kappa shape index (κ3) is 4.15. The van der Waals surface area contributed by atoms with Crippen LogP contribution in [-0.4, -0.2) is 17.9 Å². The summed E-state index contributed by atoms with van der Waals surface area (Å²) in [5, 5.41) is 8.61. The summed E-state index contributed by atoms with van der Waals surface area (Å²) < 4.78 is 11.9. The maximum atomic E-state index is 11.0. The Bertz CT molecular complexity index is 393. The number of carbonyl (C=O) groups excluding carboxylic acids is 1. The van der Waals surface area contributed by atoms with Crippen molar-refractivity contribution in [3.05, 3.63) is 24.8 Å². The fourth-order valence-electron chi connectivity index (χ4n) is 1.13. The first-order valence-electron chi connectivity index (χ1n) is 4.39. The van der Waals surface area contributed by atoms with E-state index in [2.05, 4.69) is 45.2 Å². The van der Waals surface area contributed by atoms with Crippen molar-refractivity contribution in [1.82, 2.24) is 0 Å². The van der Waals surface area contributed by atoms with Crippen molar-refractivity contribution >= 4 is 51.2 Å². The van der Waals surface area contributed by atoms with Crippen LogP contribution in [0.25, 0.3) is 0 Å². The molecular formula is C10H10I2O4. The van der Waals surface area contributed by atoms with Crippen molar-refractivity contribution in [2.75, 3.05) is 6.79 Å². The minimum atomic E-state index is -0.371. The average molecular weight is 448 g/mol. The lowest BCUT2D eigenvalue weighted by atomic mass is 10.2. The quantitative estimate of drug-likeness (QED) is 0.333. The number of carbonyl (C=O) groups is 1. The van der Waals surface area contributed by atoms with Gasteiger partial charge in [0.05, 0.1) is 10.2 Å². The molecule has 1 rings (SSSR count). The zero-order valence-electron chi connectivity index (χ0n) is 8.50. The maximum absolute atomic E-state index is 11.0. The van der Waals surface area contributed by atoms with Gasteiger partial charge in [-0.15, -0.1) is 0 Å². The molecule has 1 N–H and O–H groups in total. The van der Waals surface area contributed by atoms with E-state index in [1.165, 1.54) is 6.92 Å². The molecule has 0 fully saturated rings. The standard InChI is InChI=1S/C10H10I2O4/c1-6(14)16-10-7(4-15-5-13)2-8(11)3-9(10)12/h2-3,13H,4-5H2,1H3. The van der Waals surface area contributed by atoms with Gasteiger partial charge in [0.25, 0.3) is 0 Å². The highest BCUT2D eigenvalue weighted by atomic mass is 127. The van der Waals surface area contributed by atoms with Gasteiger partial charge in [-0.3, -0.25) is 4.79 Å². The summed E-state index contributed by atoms with van der Waals surface area (Å²) >= 11 is 4.27. The van der Waals surface area contributed by atoms with Crippen LogP contribution >= 0.6 is 45.2 Å². The molecule has 1 aromatic carbocycles. The molecule has 0 aliphatic heterocycles. The first-order valence-corrected chi connectivity index (χ1v) is 6.55. The van der Waals surface area contributed by atoms with Crippen LogP contribution in [-0.2, 0) is 16.1 Å². The van der Waals surface area contributed by atoms with Gasteiger partial charge in [-0.25, -0.2) is 0 Å². The van der Waals surface area contributed by atoms with E-state index >= 15 is 0 Å². The number of aliphatic hydroxyl groups is 1. The molecule has 0 heterocycles. The largest absolute Gasteiger partial charge is 0.425 e. The van der Waals surface area contributed by atoms with Gasteiger partial charge in [0.2, 0.25) is 0 Å². The number of halogens is 2. The van der Waals surface area contributed by atoms with E-state index in [0.29, 0.717) is 5.75 Å². The summed E-state index contributed by atoms with van der Waals surface area (Å²) in [5.41, 5.74) is 0.751. The lowest BCUT2D eigenvalue weighted by molar-refractivity contribution is -0.132. The lowest BCUT2D eigenvalue weighted by Gasteiger charge is -2.11. The monoisotopic (exact) mass is 448 g/mol. The molecule has 0 aliphatic carbocycles. The van der Waals surface area contributed by atoms with Crippen LogP contribution < -0.4 is 4.74 Å². The van der Waals surface area contributed by atoms with Gasteiger partial charge in [-0.05, 0) is 57.3 Å². The molecule has 0 radical (unpaired) electrons. The van der Waals surface area contributed by atoms with Crippen LogP contribution in [0.4, 0.5) is 0 Å². The highest BCUT2D eigenvalue weighted by Gasteiger charge is 2.12. The second-order valence-electron chi connectivity index (χ2n) is 2.95. The Morgan fingerprint density at radius 3 is 2.69 bits per heavy atom. The van der Waals surface area contributed by atoms with E-state index in [0.717, 1.165) is 12.7 Å². The second kappa shape index (κ2) is 6.72. The van der Waals surface area contributed by atoms with Crippen molar-refractivity contribution in [2.45, 2.75) is 13.5 Å². The van der Waals surface area contributed by atoms with Gasteiger partial charge >= 0.3 is 5.97 Å². The van der Waals surface area contributed by atoms with E-state index in [1.54, 1.807) is 0 Å². The van der Waals surface area contributed by atoms with Crippen molar-refractivity contribution in [2.24, 2.45) is 0 Å². The van der Waals surface area contributed by atoms with Gasteiger partial charge < -0.3 is 14.6 Å². The van der Waals surface area contributed by atoms with E-state index in [-0.39, 0.29) is 19.4 Å². The Hall–Kier alpha value is 0.0700. The first-order chi connectivity index (χ1) is 7.54. The molecule has 0 spiro atoms. The molecule has 0 saturated heterocycles. The summed E-state index contributed by atoms with van der Waals surface area (Å²) in [6, 6.07) is 3.76. The predicted molar refractivity (Wildman–Crippen MR) is 75.1 cm³/mol. The van der Waals surface area contributed by atoms with Crippen molar-refractivity contribution in [1.29, 1.82) is 0 Å². The van der Waals surface area contributed by atoms with Crippen LogP contribution in [0.1, 0.15) is 12.5 Å². The third-order valence-corrected chi connectivity index (χ3v) is 3.10. The van der Waals surface area contributed by atoms with Gasteiger partial charge in [-0.1, -0.05) is 0 Å². The summed E-state index contributed by atoms with van der Waals surface area (Å²) in [5.74, 6) is 0.131. The molecule has 88 valence electrons. The predicted octanol–water partition coefficient (Wildman–Crippen LogP) is 2.29. The van der Waals surface area contributed by atoms with Gasteiger partial charge in [0.15, 0.2) is 0 Å². The number of esters is 1. The van der Waals surface area contributed by atoms with Gasteiger partial charge in [0.1, 0.15) is 12.5 Å². The molecule has 0 amide bonds. The smallest absolute Gasteiger partial charge is 0.308 e. The van der Waals surface area contributed by atoms with Crippen molar-refractivity contribution in [3.8, 4) is 5.75 Å². The van der Waals surface area contributed by atoms with Crippen LogP contribution in [0.15, 0.2) is 12.1 Å². The number of aliphatic hydroxyl groups excluding tert-OH is 1. The number of hydrogen-bond acceptors (Lipinski definition) is 4. The maximum Gasteiger partial charge on any atom is 0.308 e. The zero-order valence-corrected chi connectivity index (χ0v) is 12.8. The summed E-state index contributed by atoms with van der Waals surface area (Å²) in [6.07, 6.45) is 0. The van der Waals surface area contributed by atoms with Gasteiger partial charge in [-0.2, -0.15) is 0 Å².